The number of nitrogens with two attached hydrogens (primary N) is 1. The van der Waals surface area contributed by atoms with Crippen LogP contribution in [0.15, 0.2) is 6.07 Å². The van der Waals surface area contributed by atoms with E-state index in [9.17, 15) is 14.4 Å². The molecule has 1 aromatic heterocycles. The molecule has 2 bridgehead atoms. The molecule has 2 heterocycles. The molecular weight excluding hydrogens is 312 g/mol. The molecule has 3 amide bonds. The van der Waals surface area contributed by atoms with Crippen LogP contribution in [0.1, 0.15) is 54.3 Å². The van der Waals surface area contributed by atoms with E-state index in [0.29, 0.717) is 22.4 Å². The zero-order valence-corrected chi connectivity index (χ0v) is 14.1. The average Bonchev–Trinajstić information content (AvgIpc) is 3.21. The van der Waals surface area contributed by atoms with Crippen molar-refractivity contribution in [1.82, 2.24) is 0 Å². The lowest BCUT2D eigenvalue weighted by atomic mass is 9.81. The molecule has 0 radical (unpaired) electrons. The predicted molar refractivity (Wildman–Crippen MR) is 87.2 cm³/mol. The van der Waals surface area contributed by atoms with Crippen LogP contribution in [-0.4, -0.2) is 17.7 Å². The number of thiophene rings is 1. The Hall–Kier alpha value is -1.69. The van der Waals surface area contributed by atoms with Gasteiger partial charge in [0.1, 0.15) is 5.00 Å². The molecule has 6 heteroatoms. The summed E-state index contributed by atoms with van der Waals surface area (Å²) in [6, 6.07) is 1.73. The van der Waals surface area contributed by atoms with Crippen LogP contribution in [-0.2, 0) is 9.59 Å². The summed E-state index contributed by atoms with van der Waals surface area (Å²) in [6.07, 6.45) is 3.09. The normalized spacial score (nSPS) is 32.2. The number of hydrogen-bond acceptors (Lipinski definition) is 4. The zero-order valence-electron chi connectivity index (χ0n) is 13.2. The van der Waals surface area contributed by atoms with Crippen LogP contribution in [0.4, 0.5) is 5.00 Å². The maximum absolute atomic E-state index is 12.9. The number of carbonyl (C=O) groups is 3. The highest BCUT2D eigenvalue weighted by Crippen LogP contribution is 2.57. The van der Waals surface area contributed by atoms with E-state index in [-0.39, 0.29) is 29.6 Å². The average molecular weight is 332 g/mol. The lowest BCUT2D eigenvalue weighted by Gasteiger charge is -2.19. The molecule has 0 spiro atoms. The van der Waals surface area contributed by atoms with E-state index < -0.39 is 5.91 Å². The van der Waals surface area contributed by atoms with Crippen molar-refractivity contribution in [3.63, 3.8) is 0 Å². The number of rotatable bonds is 3. The summed E-state index contributed by atoms with van der Waals surface area (Å²) in [5.74, 6) is -0.267. The van der Waals surface area contributed by atoms with E-state index >= 15 is 0 Å². The third kappa shape index (κ3) is 1.94. The van der Waals surface area contributed by atoms with Gasteiger partial charge in [-0.15, -0.1) is 11.3 Å². The van der Waals surface area contributed by atoms with Gasteiger partial charge in [-0.05, 0) is 43.1 Å². The third-order valence-electron chi connectivity index (χ3n) is 5.70. The molecule has 2 N–H and O–H groups in total. The molecule has 0 aromatic carbocycles. The fraction of sp³-hybridized carbons (Fsp3) is 0.588. The lowest BCUT2D eigenvalue weighted by molar-refractivity contribution is -0.123. The highest BCUT2D eigenvalue weighted by molar-refractivity contribution is 7.17. The maximum atomic E-state index is 12.9. The van der Waals surface area contributed by atoms with Crippen molar-refractivity contribution >= 4 is 34.1 Å². The lowest BCUT2D eigenvalue weighted by Crippen LogP contribution is -2.33. The molecule has 2 saturated carbocycles. The molecule has 3 fully saturated rings. The van der Waals surface area contributed by atoms with Gasteiger partial charge < -0.3 is 5.73 Å². The predicted octanol–water partition coefficient (Wildman–Crippen LogP) is 2.51. The Morgan fingerprint density at radius 2 is 1.78 bits per heavy atom. The number of anilines is 1. The Morgan fingerprint density at radius 3 is 2.26 bits per heavy atom. The van der Waals surface area contributed by atoms with Gasteiger partial charge in [0.15, 0.2) is 0 Å². The quantitative estimate of drug-likeness (QED) is 0.864. The number of fused-ring (bicyclic) bond motifs is 5. The number of hydrogen-bond donors (Lipinski definition) is 1. The monoisotopic (exact) mass is 332 g/mol. The summed E-state index contributed by atoms with van der Waals surface area (Å²) >= 11 is 1.35. The highest BCUT2D eigenvalue weighted by atomic mass is 32.1. The second kappa shape index (κ2) is 4.90. The van der Waals surface area contributed by atoms with Crippen LogP contribution in [0.2, 0.25) is 0 Å². The van der Waals surface area contributed by atoms with Gasteiger partial charge in [-0.1, -0.05) is 13.8 Å². The number of amides is 3. The minimum Gasteiger partial charge on any atom is -0.366 e. The molecule has 1 aliphatic heterocycles. The Bertz CT molecular complexity index is 695. The first-order valence-electron chi connectivity index (χ1n) is 8.21. The molecule has 5 nitrogen and oxygen atoms in total. The number of imide groups is 1. The van der Waals surface area contributed by atoms with Crippen molar-refractivity contribution in [2.24, 2.45) is 29.4 Å². The Balaban J connectivity index is 1.78. The van der Waals surface area contributed by atoms with Gasteiger partial charge in [-0.25, -0.2) is 4.90 Å². The van der Waals surface area contributed by atoms with E-state index in [2.05, 4.69) is 0 Å². The summed E-state index contributed by atoms with van der Waals surface area (Å²) in [4.78, 5) is 39.8. The van der Waals surface area contributed by atoms with Gasteiger partial charge in [0.2, 0.25) is 11.8 Å². The fourth-order valence-corrected chi connectivity index (χ4v) is 5.81. The van der Waals surface area contributed by atoms with Crippen molar-refractivity contribution in [2.45, 2.75) is 39.0 Å². The largest absolute Gasteiger partial charge is 0.366 e. The van der Waals surface area contributed by atoms with Crippen molar-refractivity contribution in [3.8, 4) is 0 Å². The van der Waals surface area contributed by atoms with E-state index in [1.807, 2.05) is 13.8 Å². The number of primary amides is 1. The van der Waals surface area contributed by atoms with Crippen LogP contribution in [0.25, 0.3) is 0 Å². The molecule has 3 aliphatic rings. The topological polar surface area (TPSA) is 80.5 Å². The van der Waals surface area contributed by atoms with E-state index in [4.69, 9.17) is 5.73 Å². The summed E-state index contributed by atoms with van der Waals surface area (Å²) < 4.78 is 0. The molecule has 0 unspecified atom stereocenters. The molecule has 1 saturated heterocycles. The van der Waals surface area contributed by atoms with Gasteiger partial charge >= 0.3 is 0 Å². The molecule has 4 rings (SSSR count). The van der Waals surface area contributed by atoms with E-state index in [0.717, 1.165) is 24.1 Å². The first-order valence-corrected chi connectivity index (χ1v) is 9.03. The minimum atomic E-state index is -0.580. The second-order valence-electron chi connectivity index (χ2n) is 7.28. The van der Waals surface area contributed by atoms with Crippen molar-refractivity contribution in [3.05, 3.63) is 16.5 Å². The van der Waals surface area contributed by atoms with Gasteiger partial charge in [0.25, 0.3) is 5.91 Å². The summed E-state index contributed by atoms with van der Waals surface area (Å²) in [6.45, 7) is 4.03. The summed E-state index contributed by atoms with van der Waals surface area (Å²) in [7, 11) is 0. The van der Waals surface area contributed by atoms with Gasteiger partial charge in [0, 0.05) is 4.88 Å². The van der Waals surface area contributed by atoms with Crippen molar-refractivity contribution in [1.29, 1.82) is 0 Å². The van der Waals surface area contributed by atoms with Crippen LogP contribution in [0, 0.1) is 23.7 Å². The van der Waals surface area contributed by atoms with Gasteiger partial charge in [-0.3, -0.25) is 14.4 Å². The smallest absolute Gasteiger partial charge is 0.251 e. The van der Waals surface area contributed by atoms with E-state index in [1.54, 1.807) is 6.07 Å². The van der Waals surface area contributed by atoms with E-state index in [1.165, 1.54) is 16.2 Å². The molecule has 122 valence electrons. The Kier molecular flexibility index (Phi) is 3.17. The summed E-state index contributed by atoms with van der Waals surface area (Å²) in [5.41, 5.74) is 5.79. The standard InChI is InChI=1S/C17H20N2O3S/c1-7(2)11-6-10(14(18)20)17(23-11)19-15(21)12-8-3-4-9(5-8)13(12)16(19)22/h6-9,12-13H,3-5H2,1-2H3,(H2,18,20)/t8-,9-,12-,13-/m0/s1. The molecule has 2 aliphatic carbocycles. The van der Waals surface area contributed by atoms with Gasteiger partial charge in [0.05, 0.1) is 17.4 Å². The van der Waals surface area contributed by atoms with Crippen LogP contribution < -0.4 is 10.6 Å². The van der Waals surface area contributed by atoms with Crippen LogP contribution in [0.3, 0.4) is 0 Å². The number of carbonyl (C=O) groups excluding carboxylic acids is 3. The second-order valence-corrected chi connectivity index (χ2v) is 8.35. The molecule has 4 atom stereocenters. The first-order chi connectivity index (χ1) is 10.9. The molecular formula is C17H20N2O3S. The molecule has 1 aromatic rings. The fourth-order valence-electron chi connectivity index (χ4n) is 4.64. The SMILES string of the molecule is CC(C)c1cc(C(N)=O)c(N2C(=O)[C@H]3[C@H]4CC[C@@H](C4)[C@@H]3C2=O)s1. The van der Waals surface area contributed by atoms with Gasteiger partial charge in [-0.2, -0.15) is 0 Å². The maximum Gasteiger partial charge on any atom is 0.251 e. The highest BCUT2D eigenvalue weighted by Gasteiger charge is 2.61. The Labute approximate surface area is 138 Å². The van der Waals surface area contributed by atoms with Crippen LogP contribution in [0.5, 0.6) is 0 Å². The zero-order chi connectivity index (χ0) is 16.5. The Morgan fingerprint density at radius 1 is 1.22 bits per heavy atom. The van der Waals surface area contributed by atoms with Crippen LogP contribution >= 0.6 is 11.3 Å². The van der Waals surface area contributed by atoms with Crippen molar-refractivity contribution < 1.29 is 14.4 Å². The minimum absolute atomic E-state index is 0.119. The molecule has 23 heavy (non-hydrogen) atoms. The first kappa shape index (κ1) is 14.9. The third-order valence-corrected chi connectivity index (χ3v) is 7.12. The number of nitrogens with zero attached hydrogens (tertiary/aromatic N) is 1. The summed E-state index contributed by atoms with van der Waals surface area (Å²) in [5, 5.41) is 0.435. The van der Waals surface area contributed by atoms with Crippen molar-refractivity contribution in [2.75, 3.05) is 4.90 Å².